The first-order chi connectivity index (χ1) is 4.95. The molecule has 2 aliphatic rings. The van der Waals surface area contributed by atoms with Gasteiger partial charge in [-0.2, -0.15) is 0 Å². The van der Waals surface area contributed by atoms with E-state index < -0.39 is 0 Å². The fourth-order valence-corrected chi connectivity index (χ4v) is 1.24. The molecule has 0 aromatic heterocycles. The van der Waals surface area contributed by atoms with E-state index in [9.17, 15) is 0 Å². The molecule has 0 bridgehead atoms. The standard InChI is InChI=1S/C9H15N/c1(2-8-3-4-8)7-10-9-5-6-9/h8H,1-7H2. The molecule has 0 atom stereocenters. The van der Waals surface area contributed by atoms with Crippen molar-refractivity contribution < 1.29 is 0 Å². The van der Waals surface area contributed by atoms with E-state index >= 15 is 0 Å². The summed E-state index contributed by atoms with van der Waals surface area (Å²) in [6.45, 7) is 1.12. The van der Waals surface area contributed by atoms with Gasteiger partial charge in [-0.15, -0.1) is 0 Å². The summed E-state index contributed by atoms with van der Waals surface area (Å²) in [6, 6.07) is 0. The lowest BCUT2D eigenvalue weighted by atomic mass is 10.2. The summed E-state index contributed by atoms with van der Waals surface area (Å²) in [5.74, 6) is 1.10. The van der Waals surface area contributed by atoms with Crippen LogP contribution in [0, 0.1) is 5.92 Å². The van der Waals surface area contributed by atoms with Gasteiger partial charge in [0.25, 0.3) is 0 Å². The van der Waals surface area contributed by atoms with E-state index in [-0.39, 0.29) is 0 Å². The second-order valence-electron chi connectivity index (χ2n) is 3.53. The molecular formula is C9H15N. The predicted molar refractivity (Wildman–Crippen MR) is 43.5 cm³/mol. The van der Waals surface area contributed by atoms with Gasteiger partial charge in [-0.1, -0.05) is 12.8 Å². The predicted octanol–water partition coefficient (Wildman–Crippen LogP) is 2.41. The van der Waals surface area contributed by atoms with E-state index in [1.54, 1.807) is 0 Å². The van der Waals surface area contributed by atoms with E-state index in [0.717, 1.165) is 12.5 Å². The van der Waals surface area contributed by atoms with Crippen LogP contribution in [0.1, 0.15) is 38.5 Å². The van der Waals surface area contributed by atoms with Crippen molar-refractivity contribution in [3.63, 3.8) is 0 Å². The van der Waals surface area contributed by atoms with E-state index in [2.05, 4.69) is 4.99 Å². The number of hydrogen-bond donors (Lipinski definition) is 0. The molecular weight excluding hydrogens is 122 g/mol. The molecule has 0 amide bonds. The van der Waals surface area contributed by atoms with Crippen LogP contribution in [0.5, 0.6) is 0 Å². The Bertz CT molecular complexity index is 139. The highest BCUT2D eigenvalue weighted by Gasteiger charge is 2.20. The first kappa shape index (κ1) is 6.38. The fraction of sp³-hybridized carbons (Fsp3) is 0.889. The van der Waals surface area contributed by atoms with Crippen LogP contribution in [0.4, 0.5) is 0 Å². The highest BCUT2D eigenvalue weighted by Crippen LogP contribution is 2.33. The first-order valence-corrected chi connectivity index (χ1v) is 4.47. The topological polar surface area (TPSA) is 12.4 Å². The van der Waals surface area contributed by atoms with Gasteiger partial charge in [-0.05, 0) is 31.6 Å². The maximum Gasteiger partial charge on any atom is 0.0388 e. The molecule has 2 rings (SSSR count). The number of hydrogen-bond acceptors (Lipinski definition) is 1. The van der Waals surface area contributed by atoms with Crippen LogP contribution in [0.3, 0.4) is 0 Å². The average molecular weight is 137 g/mol. The molecule has 0 aromatic carbocycles. The minimum Gasteiger partial charge on any atom is -0.294 e. The van der Waals surface area contributed by atoms with Gasteiger partial charge in [0.05, 0.1) is 0 Å². The summed E-state index contributed by atoms with van der Waals surface area (Å²) >= 11 is 0. The van der Waals surface area contributed by atoms with Gasteiger partial charge < -0.3 is 0 Å². The minimum atomic E-state index is 1.10. The summed E-state index contributed by atoms with van der Waals surface area (Å²) in [5, 5.41) is 0. The molecule has 2 fully saturated rings. The van der Waals surface area contributed by atoms with Gasteiger partial charge in [0.15, 0.2) is 0 Å². The van der Waals surface area contributed by atoms with Crippen LogP contribution in [0.15, 0.2) is 4.99 Å². The van der Waals surface area contributed by atoms with Crippen molar-refractivity contribution in [3.8, 4) is 0 Å². The molecule has 10 heavy (non-hydrogen) atoms. The maximum atomic E-state index is 4.45. The van der Waals surface area contributed by atoms with Crippen LogP contribution in [-0.2, 0) is 0 Å². The Morgan fingerprint density at radius 2 is 2.10 bits per heavy atom. The average Bonchev–Trinajstić information content (AvgIpc) is 2.77. The Hall–Kier alpha value is -0.330. The molecule has 0 aliphatic heterocycles. The van der Waals surface area contributed by atoms with E-state index in [1.807, 2.05) is 0 Å². The van der Waals surface area contributed by atoms with Crippen molar-refractivity contribution in [2.75, 3.05) is 6.54 Å². The van der Waals surface area contributed by atoms with Crippen molar-refractivity contribution in [3.05, 3.63) is 0 Å². The quantitative estimate of drug-likeness (QED) is 0.528. The highest BCUT2D eigenvalue weighted by atomic mass is 14.8. The smallest absolute Gasteiger partial charge is 0.0388 e. The van der Waals surface area contributed by atoms with Gasteiger partial charge in [0.1, 0.15) is 0 Å². The normalized spacial score (nSPS) is 23.0. The molecule has 2 saturated carbocycles. The Labute approximate surface area is 62.5 Å². The number of aliphatic imine (C=N–C) groups is 1. The zero-order valence-corrected chi connectivity index (χ0v) is 6.47. The lowest BCUT2D eigenvalue weighted by Crippen LogP contribution is -1.83. The molecule has 0 N–H and O–H groups in total. The second kappa shape index (κ2) is 2.73. The van der Waals surface area contributed by atoms with E-state index in [0.29, 0.717) is 0 Å². The number of nitrogens with zero attached hydrogens (tertiary/aromatic N) is 1. The van der Waals surface area contributed by atoms with Gasteiger partial charge in [0.2, 0.25) is 0 Å². The zero-order chi connectivity index (χ0) is 6.81. The van der Waals surface area contributed by atoms with Crippen LogP contribution in [-0.4, -0.2) is 12.3 Å². The molecule has 1 nitrogen and oxygen atoms in total. The fourth-order valence-electron chi connectivity index (χ4n) is 1.24. The lowest BCUT2D eigenvalue weighted by Gasteiger charge is -1.91. The summed E-state index contributed by atoms with van der Waals surface area (Å²) < 4.78 is 0. The van der Waals surface area contributed by atoms with Crippen molar-refractivity contribution in [2.45, 2.75) is 38.5 Å². The SMILES string of the molecule is C(CN=C1CC1)CC1CC1. The molecule has 56 valence electrons. The first-order valence-electron chi connectivity index (χ1n) is 4.47. The molecule has 0 saturated heterocycles. The van der Waals surface area contributed by atoms with Gasteiger partial charge in [0, 0.05) is 12.3 Å². The summed E-state index contributed by atoms with van der Waals surface area (Å²) in [5.41, 5.74) is 1.47. The van der Waals surface area contributed by atoms with Crippen molar-refractivity contribution in [1.82, 2.24) is 0 Å². The van der Waals surface area contributed by atoms with Crippen LogP contribution >= 0.6 is 0 Å². The molecule has 0 heterocycles. The largest absolute Gasteiger partial charge is 0.294 e. The molecule has 1 heteroatoms. The van der Waals surface area contributed by atoms with Gasteiger partial charge in [-0.3, -0.25) is 4.99 Å². The van der Waals surface area contributed by atoms with Gasteiger partial charge >= 0.3 is 0 Å². The maximum absolute atomic E-state index is 4.45. The Kier molecular flexibility index (Phi) is 1.74. The molecule has 2 aliphatic carbocycles. The Morgan fingerprint density at radius 3 is 2.70 bits per heavy atom. The minimum absolute atomic E-state index is 1.10. The Morgan fingerprint density at radius 1 is 1.30 bits per heavy atom. The van der Waals surface area contributed by atoms with E-state index in [1.165, 1.54) is 44.2 Å². The van der Waals surface area contributed by atoms with Crippen molar-refractivity contribution in [1.29, 1.82) is 0 Å². The summed E-state index contributed by atoms with van der Waals surface area (Å²) in [6.07, 6.45) is 8.37. The van der Waals surface area contributed by atoms with Crippen molar-refractivity contribution >= 4 is 5.71 Å². The monoisotopic (exact) mass is 137 g/mol. The molecule has 0 spiro atoms. The van der Waals surface area contributed by atoms with Crippen LogP contribution in [0.2, 0.25) is 0 Å². The lowest BCUT2D eigenvalue weighted by molar-refractivity contribution is 0.676. The molecule has 0 unspecified atom stereocenters. The third-order valence-corrected chi connectivity index (χ3v) is 2.28. The van der Waals surface area contributed by atoms with Gasteiger partial charge in [-0.25, -0.2) is 0 Å². The number of rotatable bonds is 4. The molecule has 0 radical (unpaired) electrons. The zero-order valence-electron chi connectivity index (χ0n) is 6.47. The third kappa shape index (κ3) is 2.13. The van der Waals surface area contributed by atoms with Crippen molar-refractivity contribution in [2.24, 2.45) is 10.9 Å². The van der Waals surface area contributed by atoms with Crippen LogP contribution < -0.4 is 0 Å². The highest BCUT2D eigenvalue weighted by molar-refractivity contribution is 5.97. The summed E-state index contributed by atoms with van der Waals surface area (Å²) in [4.78, 5) is 4.45. The second-order valence-corrected chi connectivity index (χ2v) is 3.53. The summed E-state index contributed by atoms with van der Waals surface area (Å²) in [7, 11) is 0. The van der Waals surface area contributed by atoms with Crippen LogP contribution in [0.25, 0.3) is 0 Å². The third-order valence-electron chi connectivity index (χ3n) is 2.28. The van der Waals surface area contributed by atoms with E-state index in [4.69, 9.17) is 0 Å². The molecule has 0 aromatic rings. The Balaban J connectivity index is 1.50.